The molecule has 0 saturated carbocycles. The van der Waals surface area contributed by atoms with E-state index >= 15 is 0 Å². The Bertz CT molecular complexity index is 1290. The summed E-state index contributed by atoms with van der Waals surface area (Å²) in [5.74, 6) is 1.32. The number of halogens is 1. The molecule has 34 heavy (non-hydrogen) atoms. The third kappa shape index (κ3) is 4.77. The number of rotatable bonds is 7. The van der Waals surface area contributed by atoms with E-state index in [1.165, 1.54) is 23.5 Å². The molecule has 1 saturated heterocycles. The number of aryl methyl sites for hydroxylation is 2. The molecule has 1 aromatic carbocycles. The fourth-order valence-corrected chi connectivity index (χ4v) is 5.38. The van der Waals surface area contributed by atoms with Crippen LogP contribution in [0.15, 0.2) is 46.9 Å². The summed E-state index contributed by atoms with van der Waals surface area (Å²) in [7, 11) is 0. The summed E-state index contributed by atoms with van der Waals surface area (Å²) < 4.78 is 26.5. The molecule has 0 radical (unpaired) electrons. The van der Waals surface area contributed by atoms with Gasteiger partial charge in [-0.2, -0.15) is 5.10 Å². The molecule has 1 aliphatic rings. The lowest BCUT2D eigenvalue weighted by molar-refractivity contribution is 0.0117. The van der Waals surface area contributed by atoms with Crippen LogP contribution in [0.2, 0.25) is 0 Å². The molecule has 1 fully saturated rings. The molecule has 3 aromatic heterocycles. The summed E-state index contributed by atoms with van der Waals surface area (Å²) in [6.07, 6.45) is 0. The maximum absolute atomic E-state index is 13.3. The Morgan fingerprint density at radius 2 is 1.94 bits per heavy atom. The van der Waals surface area contributed by atoms with E-state index in [0.717, 1.165) is 46.1 Å². The Morgan fingerprint density at radius 3 is 2.65 bits per heavy atom. The lowest BCUT2D eigenvalue weighted by atomic mass is 10.1. The normalized spacial score (nSPS) is 15.6. The summed E-state index contributed by atoms with van der Waals surface area (Å²) in [5, 5.41) is 8.69. The molecule has 4 aromatic rings. The van der Waals surface area contributed by atoms with E-state index in [1.807, 2.05) is 36.7 Å². The summed E-state index contributed by atoms with van der Waals surface area (Å²) >= 11 is 1.42. The number of hydrogen-bond donors (Lipinski definition) is 1. The first-order chi connectivity index (χ1) is 16.5. The number of benzene rings is 1. The van der Waals surface area contributed by atoms with Crippen LogP contribution >= 0.6 is 11.3 Å². The molecule has 4 heterocycles. The number of morpholine rings is 1. The lowest BCUT2D eigenvalue weighted by Gasteiger charge is -2.33. The highest BCUT2D eigenvalue weighted by Gasteiger charge is 2.26. The van der Waals surface area contributed by atoms with Gasteiger partial charge in [-0.05, 0) is 49.7 Å². The molecule has 1 aliphatic heterocycles. The summed E-state index contributed by atoms with van der Waals surface area (Å²) in [5.41, 5.74) is 1.82. The van der Waals surface area contributed by atoms with E-state index in [-0.39, 0.29) is 17.8 Å². The van der Waals surface area contributed by atoms with E-state index in [1.54, 1.807) is 12.1 Å². The third-order valence-corrected chi connectivity index (χ3v) is 7.26. The van der Waals surface area contributed by atoms with Crippen LogP contribution in [0.25, 0.3) is 10.2 Å². The van der Waals surface area contributed by atoms with E-state index < -0.39 is 0 Å². The second-order valence-electron chi connectivity index (χ2n) is 8.52. The molecule has 9 heteroatoms. The zero-order chi connectivity index (χ0) is 23.7. The Morgan fingerprint density at radius 1 is 1.18 bits per heavy atom. The van der Waals surface area contributed by atoms with Crippen LogP contribution in [0.3, 0.4) is 0 Å². The number of fused-ring (bicyclic) bond motifs is 1. The molecular formula is C25H27FN4O3S. The predicted octanol–water partition coefficient (Wildman–Crippen LogP) is 4.30. The maximum atomic E-state index is 13.3. The quantitative estimate of drug-likeness (QED) is 0.425. The van der Waals surface area contributed by atoms with Gasteiger partial charge in [0.2, 0.25) is 0 Å². The van der Waals surface area contributed by atoms with Crippen molar-refractivity contribution in [2.24, 2.45) is 0 Å². The first kappa shape index (κ1) is 22.8. The fraction of sp³-hybridized carbons (Fsp3) is 0.360. The number of furan rings is 1. The molecule has 7 nitrogen and oxygen atoms in total. The van der Waals surface area contributed by atoms with Gasteiger partial charge >= 0.3 is 0 Å². The van der Waals surface area contributed by atoms with Gasteiger partial charge in [0.15, 0.2) is 0 Å². The minimum absolute atomic E-state index is 0.0494. The van der Waals surface area contributed by atoms with Gasteiger partial charge in [0.1, 0.15) is 22.2 Å². The van der Waals surface area contributed by atoms with Gasteiger partial charge in [-0.15, -0.1) is 11.3 Å². The average Bonchev–Trinajstić information content (AvgIpc) is 3.54. The highest BCUT2D eigenvalue weighted by molar-refractivity contribution is 7.20. The number of hydrogen-bond acceptors (Lipinski definition) is 6. The number of nitrogens with zero attached hydrogens (tertiary/aromatic N) is 3. The minimum Gasteiger partial charge on any atom is -0.465 e. The van der Waals surface area contributed by atoms with Crippen molar-refractivity contribution >= 4 is 27.5 Å². The summed E-state index contributed by atoms with van der Waals surface area (Å²) in [6, 6.07) is 12.2. The van der Waals surface area contributed by atoms with E-state index in [9.17, 15) is 9.18 Å². The number of thiophene rings is 1. The molecule has 178 valence electrons. The third-order valence-electron chi connectivity index (χ3n) is 6.11. The van der Waals surface area contributed by atoms with E-state index in [0.29, 0.717) is 31.2 Å². The number of carbonyl (C=O) groups is 1. The van der Waals surface area contributed by atoms with Crippen LogP contribution in [0.5, 0.6) is 0 Å². The van der Waals surface area contributed by atoms with Gasteiger partial charge in [0, 0.05) is 25.0 Å². The molecule has 1 atom stereocenters. The largest absolute Gasteiger partial charge is 0.465 e. The fourth-order valence-electron chi connectivity index (χ4n) is 4.30. The highest BCUT2D eigenvalue weighted by Crippen LogP contribution is 2.29. The van der Waals surface area contributed by atoms with Crippen molar-refractivity contribution in [1.29, 1.82) is 0 Å². The Kier molecular flexibility index (Phi) is 6.49. The maximum Gasteiger partial charge on any atom is 0.261 e. The first-order valence-corrected chi connectivity index (χ1v) is 12.2. The number of amides is 1. The van der Waals surface area contributed by atoms with E-state index in [4.69, 9.17) is 9.15 Å². The number of aromatic nitrogens is 2. The topological polar surface area (TPSA) is 72.5 Å². The predicted molar refractivity (Wildman–Crippen MR) is 129 cm³/mol. The van der Waals surface area contributed by atoms with Crippen LogP contribution in [0.4, 0.5) is 4.39 Å². The van der Waals surface area contributed by atoms with Crippen LogP contribution in [-0.2, 0) is 11.3 Å². The van der Waals surface area contributed by atoms with Crippen LogP contribution in [-0.4, -0.2) is 53.4 Å². The molecule has 0 bridgehead atoms. The standard InChI is InChI=1S/C25H27FN4O3S/c1-16-3-8-22(33-16)21(29-9-11-32-12-10-29)14-27-24(31)23-13-20-17(2)28-30(25(20)34-23)15-18-4-6-19(26)7-5-18/h3-8,13,21H,9-12,14-15H2,1-2H3,(H,27,31). The highest BCUT2D eigenvalue weighted by atomic mass is 32.1. The molecule has 5 rings (SSSR count). The van der Waals surface area contributed by atoms with Crippen molar-refractivity contribution < 1.29 is 18.3 Å². The molecule has 0 spiro atoms. The van der Waals surface area contributed by atoms with Gasteiger partial charge in [-0.3, -0.25) is 14.4 Å². The Balaban J connectivity index is 1.33. The van der Waals surface area contributed by atoms with Crippen molar-refractivity contribution in [3.8, 4) is 0 Å². The second-order valence-corrected chi connectivity index (χ2v) is 9.55. The molecular weight excluding hydrogens is 455 g/mol. The Hall–Kier alpha value is -3.01. The van der Waals surface area contributed by atoms with Crippen LogP contribution < -0.4 is 5.32 Å². The van der Waals surface area contributed by atoms with E-state index in [2.05, 4.69) is 15.3 Å². The average molecular weight is 483 g/mol. The smallest absolute Gasteiger partial charge is 0.261 e. The van der Waals surface area contributed by atoms with Crippen LogP contribution in [0.1, 0.15) is 38.5 Å². The van der Waals surface area contributed by atoms with Crippen molar-refractivity contribution in [1.82, 2.24) is 20.0 Å². The zero-order valence-corrected chi connectivity index (χ0v) is 20.0. The van der Waals surface area contributed by atoms with Crippen molar-refractivity contribution in [3.63, 3.8) is 0 Å². The summed E-state index contributed by atoms with van der Waals surface area (Å²) in [6.45, 7) is 7.75. The minimum atomic E-state index is -0.263. The lowest BCUT2D eigenvalue weighted by Crippen LogP contribution is -2.43. The van der Waals surface area contributed by atoms with Crippen molar-refractivity contribution in [2.75, 3.05) is 32.8 Å². The Labute approximate surface area is 201 Å². The van der Waals surface area contributed by atoms with Gasteiger partial charge in [0.05, 0.1) is 36.4 Å². The number of ether oxygens (including phenoxy) is 1. The molecule has 1 amide bonds. The number of nitrogens with one attached hydrogen (secondary N) is 1. The second kappa shape index (κ2) is 9.69. The van der Waals surface area contributed by atoms with Gasteiger partial charge in [-0.25, -0.2) is 4.39 Å². The van der Waals surface area contributed by atoms with Gasteiger partial charge < -0.3 is 14.5 Å². The van der Waals surface area contributed by atoms with Crippen LogP contribution in [0, 0.1) is 19.7 Å². The zero-order valence-electron chi connectivity index (χ0n) is 19.2. The summed E-state index contributed by atoms with van der Waals surface area (Å²) in [4.78, 5) is 17.0. The van der Waals surface area contributed by atoms with Gasteiger partial charge in [0.25, 0.3) is 5.91 Å². The van der Waals surface area contributed by atoms with Crippen molar-refractivity contribution in [3.05, 3.63) is 75.9 Å². The molecule has 1 N–H and O–H groups in total. The monoisotopic (exact) mass is 482 g/mol. The van der Waals surface area contributed by atoms with Crippen molar-refractivity contribution in [2.45, 2.75) is 26.4 Å². The number of carbonyl (C=O) groups excluding carboxylic acids is 1. The van der Waals surface area contributed by atoms with Gasteiger partial charge in [-0.1, -0.05) is 12.1 Å². The molecule has 1 unspecified atom stereocenters. The molecule has 0 aliphatic carbocycles. The first-order valence-electron chi connectivity index (χ1n) is 11.4. The SMILES string of the molecule is Cc1ccc(C(CNC(=O)c2cc3c(C)nn(Cc4ccc(F)cc4)c3s2)N2CCOCC2)o1.